The molecule has 0 saturated carbocycles. The number of aryl methyl sites for hydroxylation is 1. The second kappa shape index (κ2) is 7.80. The molecule has 6 nitrogen and oxygen atoms in total. The molecular weight excluding hydrogens is 360 g/mol. The number of nitrogens with zero attached hydrogens (tertiary/aromatic N) is 4. The fourth-order valence-electron chi connectivity index (χ4n) is 3.37. The first-order valence-corrected chi connectivity index (χ1v) is 9.93. The average molecular weight is 382 g/mol. The van der Waals surface area contributed by atoms with Crippen LogP contribution in [0.1, 0.15) is 17.6 Å². The van der Waals surface area contributed by atoms with E-state index in [9.17, 15) is 4.79 Å². The summed E-state index contributed by atoms with van der Waals surface area (Å²) in [6.45, 7) is 6.76. The standard InChI is InChI=1S/C20H22N4O2S/c1-13-11-24(5-6-26-13)12-19(25)9-18-8-17-7-15(3-4-16(17)10-21-18)20-23-22-14(2)27-20/h3-4,7-8,10,13H,5-6,9,11-12H2,1-2H3/t13-/m0/s1. The fraction of sp³-hybridized carbons (Fsp3) is 0.400. The quantitative estimate of drug-likeness (QED) is 0.676. The number of benzene rings is 1. The van der Waals surface area contributed by atoms with Gasteiger partial charge in [-0.2, -0.15) is 0 Å². The van der Waals surface area contributed by atoms with Crippen molar-refractivity contribution in [2.24, 2.45) is 0 Å². The molecule has 0 bridgehead atoms. The number of Topliss-reactive ketones (excluding diaryl/α,β-unsaturated/α-hetero) is 1. The maximum absolute atomic E-state index is 12.5. The zero-order valence-electron chi connectivity index (χ0n) is 15.5. The van der Waals surface area contributed by atoms with E-state index in [0.29, 0.717) is 19.6 Å². The number of carbonyl (C=O) groups excluding carboxylic acids is 1. The summed E-state index contributed by atoms with van der Waals surface area (Å²) in [5.74, 6) is 0.187. The molecule has 1 aliphatic rings. The number of hydrogen-bond donors (Lipinski definition) is 0. The van der Waals surface area contributed by atoms with Gasteiger partial charge < -0.3 is 4.74 Å². The molecule has 0 aliphatic carbocycles. The van der Waals surface area contributed by atoms with Crippen molar-refractivity contribution in [2.45, 2.75) is 26.4 Å². The number of aromatic nitrogens is 3. The average Bonchev–Trinajstić information content (AvgIpc) is 3.07. The van der Waals surface area contributed by atoms with Gasteiger partial charge in [0.05, 0.1) is 25.7 Å². The Morgan fingerprint density at radius 2 is 2.19 bits per heavy atom. The van der Waals surface area contributed by atoms with Crippen LogP contribution in [0.25, 0.3) is 21.3 Å². The minimum atomic E-state index is 0.187. The van der Waals surface area contributed by atoms with Crippen LogP contribution in [-0.2, 0) is 16.0 Å². The van der Waals surface area contributed by atoms with Crippen molar-refractivity contribution in [2.75, 3.05) is 26.2 Å². The zero-order valence-corrected chi connectivity index (χ0v) is 16.3. The largest absolute Gasteiger partial charge is 0.376 e. The molecule has 1 aromatic carbocycles. The maximum Gasteiger partial charge on any atom is 0.152 e. The summed E-state index contributed by atoms with van der Waals surface area (Å²) >= 11 is 1.58. The van der Waals surface area contributed by atoms with Crippen molar-refractivity contribution in [3.8, 4) is 10.6 Å². The van der Waals surface area contributed by atoms with Crippen LogP contribution in [0, 0.1) is 6.92 Å². The summed E-state index contributed by atoms with van der Waals surface area (Å²) in [4.78, 5) is 19.1. The van der Waals surface area contributed by atoms with Crippen molar-refractivity contribution in [1.82, 2.24) is 20.1 Å². The Bertz CT molecular complexity index is 972. The van der Waals surface area contributed by atoms with Gasteiger partial charge in [0, 0.05) is 35.9 Å². The Morgan fingerprint density at radius 1 is 1.30 bits per heavy atom. The summed E-state index contributed by atoms with van der Waals surface area (Å²) in [6, 6.07) is 8.17. The molecule has 1 aliphatic heterocycles. The first kappa shape index (κ1) is 18.2. The number of ether oxygens (including phenoxy) is 1. The van der Waals surface area contributed by atoms with Gasteiger partial charge in [-0.3, -0.25) is 14.7 Å². The highest BCUT2D eigenvalue weighted by Gasteiger charge is 2.19. The molecule has 7 heteroatoms. The number of fused-ring (bicyclic) bond motifs is 1. The molecule has 140 valence electrons. The van der Waals surface area contributed by atoms with Crippen LogP contribution >= 0.6 is 11.3 Å². The summed E-state index contributed by atoms with van der Waals surface area (Å²) in [6.07, 6.45) is 2.38. The first-order valence-electron chi connectivity index (χ1n) is 9.11. The second-order valence-electron chi connectivity index (χ2n) is 7.00. The van der Waals surface area contributed by atoms with E-state index < -0.39 is 0 Å². The molecule has 0 spiro atoms. The van der Waals surface area contributed by atoms with Gasteiger partial charge in [0.1, 0.15) is 10.0 Å². The van der Waals surface area contributed by atoms with Crippen LogP contribution < -0.4 is 0 Å². The van der Waals surface area contributed by atoms with Crippen LogP contribution in [0.2, 0.25) is 0 Å². The predicted octanol–water partition coefficient (Wildman–Crippen LogP) is 2.89. The number of morpholine rings is 1. The van der Waals surface area contributed by atoms with E-state index in [1.165, 1.54) is 0 Å². The van der Waals surface area contributed by atoms with Crippen molar-refractivity contribution in [3.05, 3.63) is 41.2 Å². The molecule has 0 amide bonds. The lowest BCUT2D eigenvalue weighted by Crippen LogP contribution is -2.43. The molecule has 4 rings (SSSR count). The maximum atomic E-state index is 12.5. The van der Waals surface area contributed by atoms with Gasteiger partial charge in [-0.1, -0.05) is 23.5 Å². The highest BCUT2D eigenvalue weighted by atomic mass is 32.1. The van der Waals surface area contributed by atoms with Gasteiger partial charge in [0.25, 0.3) is 0 Å². The SMILES string of the molecule is Cc1nnc(-c2ccc3cnc(CC(=O)CN4CCO[C@@H](C)C4)cc3c2)s1. The molecule has 0 unspecified atom stereocenters. The van der Waals surface area contributed by atoms with Crippen molar-refractivity contribution in [1.29, 1.82) is 0 Å². The van der Waals surface area contributed by atoms with Crippen molar-refractivity contribution in [3.63, 3.8) is 0 Å². The van der Waals surface area contributed by atoms with E-state index in [0.717, 1.165) is 45.1 Å². The number of ketones is 1. The lowest BCUT2D eigenvalue weighted by atomic mass is 10.1. The van der Waals surface area contributed by atoms with Crippen LogP contribution in [0.4, 0.5) is 0 Å². The molecule has 1 saturated heterocycles. The van der Waals surface area contributed by atoms with E-state index in [1.54, 1.807) is 11.3 Å². The summed E-state index contributed by atoms with van der Waals surface area (Å²) in [5.41, 5.74) is 1.85. The second-order valence-corrected chi connectivity index (χ2v) is 8.18. The Labute approximate surface area is 162 Å². The van der Waals surface area contributed by atoms with Crippen molar-refractivity contribution < 1.29 is 9.53 Å². The molecule has 1 fully saturated rings. The molecule has 1 atom stereocenters. The fourth-order valence-corrected chi connectivity index (χ4v) is 4.06. The smallest absolute Gasteiger partial charge is 0.152 e. The highest BCUT2D eigenvalue weighted by molar-refractivity contribution is 7.14. The van der Waals surface area contributed by atoms with Gasteiger partial charge >= 0.3 is 0 Å². The normalized spacial score (nSPS) is 18.1. The van der Waals surface area contributed by atoms with Gasteiger partial charge in [-0.15, -0.1) is 10.2 Å². The van der Waals surface area contributed by atoms with E-state index in [-0.39, 0.29) is 11.9 Å². The molecule has 2 aromatic heterocycles. The Balaban J connectivity index is 1.49. The van der Waals surface area contributed by atoms with Crippen LogP contribution in [0.15, 0.2) is 30.5 Å². The van der Waals surface area contributed by atoms with Gasteiger partial charge in [-0.05, 0) is 31.4 Å². The third kappa shape index (κ3) is 4.37. The minimum absolute atomic E-state index is 0.187. The topological polar surface area (TPSA) is 68.2 Å². The van der Waals surface area contributed by atoms with Crippen molar-refractivity contribution >= 4 is 27.9 Å². The van der Waals surface area contributed by atoms with Crippen LogP contribution in [-0.4, -0.2) is 58.2 Å². The Morgan fingerprint density at radius 3 is 2.96 bits per heavy atom. The highest BCUT2D eigenvalue weighted by Crippen LogP contribution is 2.27. The molecule has 3 heterocycles. The lowest BCUT2D eigenvalue weighted by molar-refractivity contribution is -0.121. The molecule has 0 N–H and O–H groups in total. The summed E-state index contributed by atoms with van der Waals surface area (Å²) in [5, 5.41) is 12.3. The van der Waals surface area contributed by atoms with Gasteiger partial charge in [-0.25, -0.2) is 0 Å². The van der Waals surface area contributed by atoms with Gasteiger partial charge in [0.2, 0.25) is 0 Å². The van der Waals surface area contributed by atoms with E-state index in [1.807, 2.05) is 38.2 Å². The number of rotatable bonds is 5. The van der Waals surface area contributed by atoms with E-state index in [4.69, 9.17) is 4.74 Å². The predicted molar refractivity (Wildman–Crippen MR) is 106 cm³/mol. The summed E-state index contributed by atoms with van der Waals surface area (Å²) < 4.78 is 5.53. The molecule has 3 aromatic rings. The number of hydrogen-bond acceptors (Lipinski definition) is 7. The van der Waals surface area contributed by atoms with E-state index in [2.05, 4.69) is 26.1 Å². The van der Waals surface area contributed by atoms with Gasteiger partial charge in [0.15, 0.2) is 5.78 Å². The number of pyridine rings is 1. The molecular formula is C20H22N4O2S. The lowest BCUT2D eigenvalue weighted by Gasteiger charge is -2.30. The third-order valence-electron chi connectivity index (χ3n) is 4.65. The Kier molecular flexibility index (Phi) is 5.24. The Hall–Kier alpha value is -2.22. The number of carbonyl (C=O) groups is 1. The van der Waals surface area contributed by atoms with Crippen LogP contribution in [0.5, 0.6) is 0 Å². The molecule has 27 heavy (non-hydrogen) atoms. The molecule has 0 radical (unpaired) electrons. The first-order chi connectivity index (χ1) is 13.1. The third-order valence-corrected chi connectivity index (χ3v) is 5.54. The monoisotopic (exact) mass is 382 g/mol. The van der Waals surface area contributed by atoms with Crippen LogP contribution in [0.3, 0.4) is 0 Å². The zero-order chi connectivity index (χ0) is 18.8. The minimum Gasteiger partial charge on any atom is -0.376 e. The summed E-state index contributed by atoms with van der Waals surface area (Å²) in [7, 11) is 0. The van der Waals surface area contributed by atoms with E-state index >= 15 is 0 Å².